The SMILES string of the molecule is CCOC(=O)C1C(c2ccccc2)N(c2cc(C(=O)OC)cc(C(=O)OC)c2)OC12CC2. The number of hydrogen-bond donors (Lipinski definition) is 0. The molecule has 0 aromatic heterocycles. The molecule has 168 valence electrons. The van der Waals surface area contributed by atoms with Gasteiger partial charge >= 0.3 is 17.9 Å². The van der Waals surface area contributed by atoms with Crippen LogP contribution in [0.3, 0.4) is 0 Å². The number of benzene rings is 2. The van der Waals surface area contributed by atoms with Crippen molar-refractivity contribution >= 4 is 23.6 Å². The zero-order chi connectivity index (χ0) is 22.9. The maximum atomic E-state index is 13.0. The summed E-state index contributed by atoms with van der Waals surface area (Å²) < 4.78 is 15.1. The van der Waals surface area contributed by atoms with Crippen molar-refractivity contribution in [2.24, 2.45) is 5.92 Å². The molecule has 1 aliphatic heterocycles. The van der Waals surface area contributed by atoms with Gasteiger partial charge in [0.15, 0.2) is 0 Å². The number of ether oxygens (including phenoxy) is 3. The van der Waals surface area contributed by atoms with E-state index in [-0.39, 0.29) is 23.7 Å². The Bertz CT molecular complexity index is 998. The van der Waals surface area contributed by atoms with Gasteiger partial charge in [0.2, 0.25) is 0 Å². The second-order valence-electron chi connectivity index (χ2n) is 7.82. The molecule has 2 atom stereocenters. The molecule has 1 heterocycles. The number of hydrogen-bond acceptors (Lipinski definition) is 8. The van der Waals surface area contributed by atoms with Gasteiger partial charge in [0.1, 0.15) is 11.5 Å². The predicted molar refractivity (Wildman–Crippen MR) is 114 cm³/mol. The van der Waals surface area contributed by atoms with Gasteiger partial charge in [0, 0.05) is 0 Å². The smallest absolute Gasteiger partial charge is 0.337 e. The first-order valence-electron chi connectivity index (χ1n) is 10.5. The maximum absolute atomic E-state index is 13.0. The van der Waals surface area contributed by atoms with Crippen molar-refractivity contribution in [2.75, 3.05) is 25.9 Å². The lowest BCUT2D eigenvalue weighted by molar-refractivity contribution is -0.151. The number of carbonyl (C=O) groups excluding carboxylic acids is 3. The number of methoxy groups -OCH3 is 2. The third-order valence-corrected chi connectivity index (χ3v) is 5.85. The molecule has 8 heteroatoms. The fraction of sp³-hybridized carbons (Fsp3) is 0.375. The summed E-state index contributed by atoms with van der Waals surface area (Å²) >= 11 is 0. The number of carbonyl (C=O) groups is 3. The molecule has 32 heavy (non-hydrogen) atoms. The Hall–Kier alpha value is -3.39. The standard InChI is InChI=1S/C24H25NO7/c1-4-31-23(28)19-20(15-8-6-5-7-9-15)25(32-24(19)10-11-24)18-13-16(21(26)29-2)12-17(14-18)22(27)30-3/h5-9,12-14,19-20H,4,10-11H2,1-3H3. The minimum absolute atomic E-state index is 0.172. The summed E-state index contributed by atoms with van der Waals surface area (Å²) in [5, 5.41) is 1.61. The Labute approximate surface area is 186 Å². The van der Waals surface area contributed by atoms with Crippen LogP contribution in [0.5, 0.6) is 0 Å². The van der Waals surface area contributed by atoms with Crippen molar-refractivity contribution in [3.05, 3.63) is 65.2 Å². The van der Waals surface area contributed by atoms with Crippen molar-refractivity contribution in [1.82, 2.24) is 0 Å². The van der Waals surface area contributed by atoms with E-state index in [1.54, 1.807) is 24.1 Å². The second-order valence-corrected chi connectivity index (χ2v) is 7.82. The molecule has 0 bridgehead atoms. The van der Waals surface area contributed by atoms with Gasteiger partial charge < -0.3 is 14.2 Å². The fourth-order valence-corrected chi connectivity index (χ4v) is 4.23. The number of anilines is 1. The molecule has 1 saturated carbocycles. The van der Waals surface area contributed by atoms with E-state index in [1.165, 1.54) is 20.3 Å². The van der Waals surface area contributed by atoms with E-state index in [0.29, 0.717) is 18.5 Å². The summed E-state index contributed by atoms with van der Waals surface area (Å²) in [7, 11) is 2.53. The molecule has 0 radical (unpaired) electrons. The molecule has 1 saturated heterocycles. The van der Waals surface area contributed by atoms with Crippen LogP contribution in [0.2, 0.25) is 0 Å². The summed E-state index contributed by atoms with van der Waals surface area (Å²) in [4.78, 5) is 44.0. The highest BCUT2D eigenvalue weighted by Crippen LogP contribution is 2.59. The quantitative estimate of drug-likeness (QED) is 0.499. The molecule has 2 fully saturated rings. The Morgan fingerprint density at radius 1 is 1.00 bits per heavy atom. The normalized spacial score (nSPS) is 20.7. The molecule has 1 spiro atoms. The van der Waals surface area contributed by atoms with E-state index in [0.717, 1.165) is 5.56 Å². The van der Waals surface area contributed by atoms with E-state index in [9.17, 15) is 14.4 Å². The van der Waals surface area contributed by atoms with Gasteiger partial charge in [0.05, 0.1) is 43.7 Å². The molecule has 0 N–H and O–H groups in total. The summed E-state index contributed by atoms with van der Waals surface area (Å²) in [6.07, 6.45) is 1.41. The summed E-state index contributed by atoms with van der Waals surface area (Å²) in [5.41, 5.74) is 0.965. The first-order chi connectivity index (χ1) is 15.4. The Balaban J connectivity index is 1.85. The highest BCUT2D eigenvalue weighted by molar-refractivity contribution is 5.97. The van der Waals surface area contributed by atoms with Crippen LogP contribution in [0.25, 0.3) is 0 Å². The van der Waals surface area contributed by atoms with Crippen molar-refractivity contribution in [2.45, 2.75) is 31.4 Å². The van der Waals surface area contributed by atoms with Crippen molar-refractivity contribution in [3.8, 4) is 0 Å². The van der Waals surface area contributed by atoms with Crippen molar-refractivity contribution in [1.29, 1.82) is 0 Å². The molecular formula is C24H25NO7. The average Bonchev–Trinajstić information content (AvgIpc) is 3.51. The fourth-order valence-electron chi connectivity index (χ4n) is 4.23. The zero-order valence-corrected chi connectivity index (χ0v) is 18.2. The van der Waals surface area contributed by atoms with E-state index >= 15 is 0 Å². The number of esters is 3. The van der Waals surface area contributed by atoms with E-state index in [4.69, 9.17) is 19.0 Å². The van der Waals surface area contributed by atoms with Gasteiger partial charge in [-0.25, -0.2) is 14.7 Å². The molecule has 8 nitrogen and oxygen atoms in total. The van der Waals surface area contributed by atoms with Crippen LogP contribution in [0.4, 0.5) is 5.69 Å². The van der Waals surface area contributed by atoms with E-state index < -0.39 is 29.5 Å². The lowest BCUT2D eigenvalue weighted by Gasteiger charge is -2.27. The van der Waals surface area contributed by atoms with E-state index in [2.05, 4.69) is 0 Å². The molecule has 2 aromatic rings. The van der Waals surface area contributed by atoms with Crippen LogP contribution in [0, 0.1) is 5.92 Å². The van der Waals surface area contributed by atoms with Crippen LogP contribution < -0.4 is 5.06 Å². The van der Waals surface area contributed by atoms with Gasteiger partial charge in [-0.05, 0) is 43.5 Å². The average molecular weight is 439 g/mol. The molecule has 4 rings (SSSR count). The highest BCUT2D eigenvalue weighted by Gasteiger charge is 2.66. The zero-order valence-electron chi connectivity index (χ0n) is 18.2. The first kappa shape index (κ1) is 21.8. The molecule has 2 aliphatic rings. The third-order valence-electron chi connectivity index (χ3n) is 5.85. The number of rotatable bonds is 6. The topological polar surface area (TPSA) is 91.4 Å². The molecule has 0 amide bonds. The van der Waals surface area contributed by atoms with Crippen LogP contribution >= 0.6 is 0 Å². The van der Waals surface area contributed by atoms with Crippen molar-refractivity contribution in [3.63, 3.8) is 0 Å². The molecule has 2 aromatic carbocycles. The minimum Gasteiger partial charge on any atom is -0.466 e. The Kier molecular flexibility index (Phi) is 5.88. The lowest BCUT2D eigenvalue weighted by Crippen LogP contribution is -2.32. The lowest BCUT2D eigenvalue weighted by atomic mass is 9.87. The largest absolute Gasteiger partial charge is 0.466 e. The first-order valence-corrected chi connectivity index (χ1v) is 10.5. The molecule has 1 aliphatic carbocycles. The van der Waals surface area contributed by atoms with Crippen LogP contribution in [0.15, 0.2) is 48.5 Å². The van der Waals surface area contributed by atoms with Gasteiger partial charge in [-0.1, -0.05) is 30.3 Å². The summed E-state index contributed by atoms with van der Waals surface area (Å²) in [6, 6.07) is 13.6. The van der Waals surface area contributed by atoms with Gasteiger partial charge in [-0.15, -0.1) is 0 Å². The second kappa shape index (κ2) is 8.63. The Morgan fingerprint density at radius 2 is 1.59 bits per heavy atom. The van der Waals surface area contributed by atoms with Crippen molar-refractivity contribution < 1.29 is 33.4 Å². The van der Waals surface area contributed by atoms with Gasteiger partial charge in [0.25, 0.3) is 0 Å². The third kappa shape index (κ3) is 3.82. The summed E-state index contributed by atoms with van der Waals surface area (Å²) in [6.45, 7) is 2.03. The number of hydroxylamine groups is 1. The predicted octanol–water partition coefficient (Wildman–Crippen LogP) is 3.46. The minimum atomic E-state index is -0.681. The van der Waals surface area contributed by atoms with Gasteiger partial charge in [-0.2, -0.15) is 0 Å². The summed E-state index contributed by atoms with van der Waals surface area (Å²) in [5.74, 6) is -2.10. The van der Waals surface area contributed by atoms with Crippen LogP contribution in [0.1, 0.15) is 52.1 Å². The Morgan fingerprint density at radius 3 is 2.09 bits per heavy atom. The molecule has 2 unspecified atom stereocenters. The monoisotopic (exact) mass is 439 g/mol. The van der Waals surface area contributed by atoms with Gasteiger partial charge in [-0.3, -0.25) is 9.63 Å². The van der Waals surface area contributed by atoms with E-state index in [1.807, 2.05) is 30.3 Å². The number of nitrogens with zero attached hydrogens (tertiary/aromatic N) is 1. The molecular weight excluding hydrogens is 414 g/mol. The van der Waals surface area contributed by atoms with Crippen LogP contribution in [-0.4, -0.2) is 44.3 Å². The highest BCUT2D eigenvalue weighted by atomic mass is 16.7. The maximum Gasteiger partial charge on any atom is 0.337 e. The van der Waals surface area contributed by atoms with Crippen LogP contribution in [-0.2, 0) is 23.8 Å².